The fourth-order valence-corrected chi connectivity index (χ4v) is 2.14. The molecule has 0 radical (unpaired) electrons. The van der Waals surface area contributed by atoms with Crippen LogP contribution in [0.1, 0.15) is 25.3 Å². The first-order valence-corrected chi connectivity index (χ1v) is 7.80. The number of allylic oxidation sites excluding steroid dienone is 4. The first-order chi connectivity index (χ1) is 11.5. The highest BCUT2D eigenvalue weighted by molar-refractivity contribution is 5.78. The minimum atomic E-state index is -0.448. The van der Waals surface area contributed by atoms with Crippen molar-refractivity contribution in [3.05, 3.63) is 60.7 Å². The zero-order valence-corrected chi connectivity index (χ0v) is 14.1. The number of nitrogens with one attached hydrogen (secondary N) is 1. The fourth-order valence-electron chi connectivity index (χ4n) is 2.14. The van der Waals surface area contributed by atoms with Crippen LogP contribution >= 0.6 is 0 Å². The Kier molecular flexibility index (Phi) is 5.68. The average Bonchev–Trinajstić information content (AvgIpc) is 3.33. The highest BCUT2D eigenvalue weighted by atomic mass is 19.1. The van der Waals surface area contributed by atoms with E-state index in [1.807, 2.05) is 36.0 Å². The van der Waals surface area contributed by atoms with Crippen molar-refractivity contribution < 1.29 is 9.18 Å². The van der Waals surface area contributed by atoms with Crippen molar-refractivity contribution in [2.24, 2.45) is 5.92 Å². The Balaban J connectivity index is 0.000000355. The third kappa shape index (κ3) is 4.19. The molecule has 2 aromatic heterocycles. The molecule has 1 aliphatic carbocycles. The molecule has 126 valence electrons. The second-order valence-electron chi connectivity index (χ2n) is 5.68. The normalized spacial score (nSPS) is 14.3. The maximum atomic E-state index is 13.3. The summed E-state index contributed by atoms with van der Waals surface area (Å²) in [5.74, 6) is 0.791. The van der Waals surface area contributed by atoms with Gasteiger partial charge in [-0.1, -0.05) is 19.2 Å². The van der Waals surface area contributed by atoms with Gasteiger partial charge in [0.25, 0.3) is 0 Å². The number of halogens is 1. The standard InChI is InChI=1S/C15H16FN3.C4H6O/c1-5-13(10(2)11(3)16)12-6-7-15-18-14(17-4)9-19(15)8-12;5-3-4-1-2-4/h5-9,17H,1,3H2,2,4H3;3-4H,1-2H2/b13-10+;. The average molecular weight is 327 g/mol. The molecule has 1 saturated carbocycles. The molecular weight excluding hydrogens is 305 g/mol. The van der Waals surface area contributed by atoms with Gasteiger partial charge in [0.15, 0.2) is 0 Å². The molecule has 0 atom stereocenters. The number of aldehydes is 1. The first kappa shape index (κ1) is 17.7. The van der Waals surface area contributed by atoms with E-state index in [2.05, 4.69) is 23.5 Å². The van der Waals surface area contributed by atoms with E-state index in [0.29, 0.717) is 11.5 Å². The van der Waals surface area contributed by atoms with E-state index in [0.717, 1.165) is 41.7 Å². The van der Waals surface area contributed by atoms with E-state index in [9.17, 15) is 9.18 Å². The Morgan fingerprint density at radius 1 is 1.42 bits per heavy atom. The Bertz CT molecular complexity index is 800. The number of nitrogens with zero attached hydrogens (tertiary/aromatic N) is 2. The Hall–Kier alpha value is -2.69. The predicted octanol–water partition coefficient (Wildman–Crippen LogP) is 4.41. The van der Waals surface area contributed by atoms with Gasteiger partial charge in [-0.25, -0.2) is 9.37 Å². The number of imidazole rings is 1. The van der Waals surface area contributed by atoms with Gasteiger partial charge in [-0.3, -0.25) is 0 Å². The SMILES string of the molecule is C=C/C(=C(/C)C(=C)F)c1ccc2nc(NC)cn2c1.O=CC1CC1. The molecule has 5 heteroatoms. The van der Waals surface area contributed by atoms with Gasteiger partial charge in [0.05, 0.1) is 6.20 Å². The van der Waals surface area contributed by atoms with Crippen LogP contribution in [0, 0.1) is 5.92 Å². The molecule has 0 aromatic carbocycles. The van der Waals surface area contributed by atoms with Gasteiger partial charge in [0.1, 0.15) is 23.6 Å². The van der Waals surface area contributed by atoms with E-state index in [-0.39, 0.29) is 0 Å². The molecule has 0 saturated heterocycles. The lowest BCUT2D eigenvalue weighted by atomic mass is 10.0. The van der Waals surface area contributed by atoms with Gasteiger partial charge in [0.2, 0.25) is 0 Å². The Labute approximate surface area is 141 Å². The van der Waals surface area contributed by atoms with E-state index in [4.69, 9.17) is 0 Å². The zero-order valence-electron chi connectivity index (χ0n) is 14.1. The van der Waals surface area contributed by atoms with Crippen molar-refractivity contribution in [2.45, 2.75) is 19.8 Å². The quantitative estimate of drug-likeness (QED) is 0.653. The van der Waals surface area contributed by atoms with Crippen molar-refractivity contribution in [3.63, 3.8) is 0 Å². The number of aromatic nitrogens is 2. The van der Waals surface area contributed by atoms with Gasteiger partial charge < -0.3 is 14.5 Å². The number of rotatable bonds is 5. The van der Waals surface area contributed by atoms with E-state index >= 15 is 0 Å². The summed E-state index contributed by atoms with van der Waals surface area (Å²) in [4.78, 5) is 13.9. The molecule has 0 aliphatic heterocycles. The number of carbonyl (C=O) groups is 1. The van der Waals surface area contributed by atoms with Crippen LogP contribution in [0.3, 0.4) is 0 Å². The van der Waals surface area contributed by atoms with E-state index in [1.165, 1.54) is 0 Å². The van der Waals surface area contributed by atoms with Gasteiger partial charge in [-0.05, 0) is 48.6 Å². The number of hydrogen-bond donors (Lipinski definition) is 1. The van der Waals surface area contributed by atoms with Crippen molar-refractivity contribution in [1.29, 1.82) is 0 Å². The highest BCUT2D eigenvalue weighted by Crippen LogP contribution is 2.25. The monoisotopic (exact) mass is 327 g/mol. The molecule has 0 spiro atoms. The smallest absolute Gasteiger partial charge is 0.145 e. The lowest BCUT2D eigenvalue weighted by molar-refractivity contribution is -0.108. The molecule has 4 nitrogen and oxygen atoms in total. The Morgan fingerprint density at radius 3 is 2.58 bits per heavy atom. The van der Waals surface area contributed by atoms with E-state index < -0.39 is 5.83 Å². The summed E-state index contributed by atoms with van der Waals surface area (Å²) in [6, 6.07) is 3.78. The van der Waals surface area contributed by atoms with Crippen LogP contribution in [0.15, 0.2) is 55.2 Å². The topological polar surface area (TPSA) is 46.4 Å². The number of anilines is 1. The molecule has 2 heterocycles. The minimum absolute atomic E-state index is 0.448. The molecule has 3 rings (SSSR count). The molecule has 1 aliphatic rings. The maximum Gasteiger partial charge on any atom is 0.145 e. The molecule has 0 bridgehead atoms. The van der Waals surface area contributed by atoms with E-state index in [1.54, 1.807) is 13.0 Å². The van der Waals surface area contributed by atoms with Crippen molar-refractivity contribution >= 4 is 23.3 Å². The third-order valence-electron chi connectivity index (χ3n) is 3.85. The predicted molar refractivity (Wildman–Crippen MR) is 96.6 cm³/mol. The highest BCUT2D eigenvalue weighted by Gasteiger charge is 2.18. The third-order valence-corrected chi connectivity index (χ3v) is 3.85. The largest absolute Gasteiger partial charge is 0.372 e. The van der Waals surface area contributed by atoms with Crippen LogP contribution in [0.2, 0.25) is 0 Å². The van der Waals surface area contributed by atoms with Crippen molar-refractivity contribution in [3.8, 4) is 0 Å². The summed E-state index contributed by atoms with van der Waals surface area (Å²) in [6.07, 6.45) is 8.72. The molecule has 0 unspecified atom stereocenters. The molecule has 24 heavy (non-hydrogen) atoms. The fraction of sp³-hybridized carbons (Fsp3) is 0.263. The summed E-state index contributed by atoms with van der Waals surface area (Å²) < 4.78 is 15.1. The maximum absolute atomic E-state index is 13.3. The lowest BCUT2D eigenvalue weighted by Crippen LogP contribution is -1.91. The molecular formula is C19H22FN3O. The summed E-state index contributed by atoms with van der Waals surface area (Å²) in [6.45, 7) is 8.76. The minimum Gasteiger partial charge on any atom is -0.372 e. The summed E-state index contributed by atoms with van der Waals surface area (Å²) in [5.41, 5.74) is 2.92. The number of fused-ring (bicyclic) bond motifs is 1. The summed E-state index contributed by atoms with van der Waals surface area (Å²) >= 11 is 0. The van der Waals surface area contributed by atoms with Crippen LogP contribution in [-0.4, -0.2) is 22.7 Å². The molecule has 0 amide bonds. The first-order valence-electron chi connectivity index (χ1n) is 7.80. The summed E-state index contributed by atoms with van der Waals surface area (Å²) in [5, 5.41) is 2.98. The van der Waals surface area contributed by atoms with Gasteiger partial charge in [-0.2, -0.15) is 0 Å². The van der Waals surface area contributed by atoms with Crippen molar-refractivity contribution in [1.82, 2.24) is 9.38 Å². The van der Waals surface area contributed by atoms with Crippen molar-refractivity contribution in [2.75, 3.05) is 12.4 Å². The summed E-state index contributed by atoms with van der Waals surface area (Å²) in [7, 11) is 1.81. The molecule has 1 fully saturated rings. The van der Waals surface area contributed by atoms with Crippen LogP contribution in [0.4, 0.5) is 10.2 Å². The van der Waals surface area contributed by atoms with Gasteiger partial charge in [-0.15, -0.1) is 0 Å². The Morgan fingerprint density at radius 2 is 2.12 bits per heavy atom. The number of carbonyl (C=O) groups excluding carboxylic acids is 1. The number of pyridine rings is 1. The van der Waals surface area contributed by atoms with Gasteiger partial charge >= 0.3 is 0 Å². The second kappa shape index (κ2) is 7.73. The van der Waals surface area contributed by atoms with Crippen LogP contribution < -0.4 is 5.32 Å². The zero-order chi connectivity index (χ0) is 17.7. The number of hydrogen-bond acceptors (Lipinski definition) is 3. The lowest BCUT2D eigenvalue weighted by Gasteiger charge is -2.07. The van der Waals surface area contributed by atoms with Crippen LogP contribution in [0.5, 0.6) is 0 Å². The molecule has 2 aromatic rings. The van der Waals surface area contributed by atoms with Crippen LogP contribution in [-0.2, 0) is 4.79 Å². The van der Waals surface area contributed by atoms with Gasteiger partial charge in [0, 0.05) is 19.2 Å². The molecule has 1 N–H and O–H groups in total. The van der Waals surface area contributed by atoms with Crippen LogP contribution in [0.25, 0.3) is 11.2 Å². The second-order valence-corrected chi connectivity index (χ2v) is 5.68.